The number of rotatable bonds is 7. The number of nitrogens with one attached hydrogen (secondary N) is 1. The lowest BCUT2D eigenvalue weighted by atomic mass is 10.1. The number of aryl methyl sites for hydroxylation is 1. The smallest absolute Gasteiger partial charge is 0.251 e. The number of carbonyl (C=O) groups excluding carboxylic acids is 1. The number of sulfonamides is 1. The van der Waals surface area contributed by atoms with Crippen LogP contribution in [0.15, 0.2) is 47.4 Å². The summed E-state index contributed by atoms with van der Waals surface area (Å²) in [4.78, 5) is 12.9. The van der Waals surface area contributed by atoms with Crippen molar-refractivity contribution < 1.29 is 22.7 Å². The standard InChI is InChI=1S/C21H26N2O5S/c1-3-28-20-7-5-4-6-17(20)15-22-21(24)19-14-18(9-8-16(19)2)29(25,26)23-10-12-27-13-11-23/h4-9,14H,3,10-13,15H2,1-2H3,(H,22,24). The van der Waals surface area contributed by atoms with Gasteiger partial charge in [-0.3, -0.25) is 4.79 Å². The van der Waals surface area contributed by atoms with Gasteiger partial charge in [0.2, 0.25) is 10.0 Å². The van der Waals surface area contributed by atoms with Gasteiger partial charge in [0, 0.05) is 30.8 Å². The van der Waals surface area contributed by atoms with Crippen molar-refractivity contribution in [1.82, 2.24) is 9.62 Å². The van der Waals surface area contributed by atoms with Crippen LogP contribution < -0.4 is 10.1 Å². The molecule has 0 spiro atoms. The van der Waals surface area contributed by atoms with E-state index in [1.54, 1.807) is 19.1 Å². The molecule has 29 heavy (non-hydrogen) atoms. The molecule has 2 aromatic carbocycles. The topological polar surface area (TPSA) is 84.9 Å². The molecule has 1 saturated heterocycles. The second kappa shape index (κ2) is 9.39. The van der Waals surface area contributed by atoms with Gasteiger partial charge in [-0.05, 0) is 37.6 Å². The Morgan fingerprint density at radius 3 is 2.62 bits per heavy atom. The molecule has 1 aliphatic rings. The van der Waals surface area contributed by atoms with Crippen LogP contribution in [0.3, 0.4) is 0 Å². The van der Waals surface area contributed by atoms with Crippen molar-refractivity contribution in [3.8, 4) is 5.75 Å². The van der Waals surface area contributed by atoms with Crippen LogP contribution in [0, 0.1) is 6.92 Å². The largest absolute Gasteiger partial charge is 0.494 e. The molecule has 1 N–H and O–H groups in total. The first-order valence-corrected chi connectivity index (χ1v) is 11.0. The summed E-state index contributed by atoms with van der Waals surface area (Å²) in [7, 11) is -3.66. The number of hydrogen-bond donors (Lipinski definition) is 1. The summed E-state index contributed by atoms with van der Waals surface area (Å²) < 4.78 is 38.0. The molecule has 3 rings (SSSR count). The van der Waals surface area contributed by atoms with E-state index in [-0.39, 0.29) is 17.3 Å². The molecule has 7 nitrogen and oxygen atoms in total. The van der Waals surface area contributed by atoms with Crippen LogP contribution >= 0.6 is 0 Å². The van der Waals surface area contributed by atoms with Crippen LogP contribution in [-0.4, -0.2) is 51.5 Å². The van der Waals surface area contributed by atoms with Gasteiger partial charge in [-0.2, -0.15) is 4.31 Å². The van der Waals surface area contributed by atoms with Gasteiger partial charge < -0.3 is 14.8 Å². The second-order valence-electron chi connectivity index (χ2n) is 6.72. The molecule has 156 valence electrons. The Labute approximate surface area is 171 Å². The normalized spacial score (nSPS) is 15.1. The number of ether oxygens (including phenoxy) is 2. The number of hydrogen-bond acceptors (Lipinski definition) is 5. The summed E-state index contributed by atoms with van der Waals surface area (Å²) in [6.07, 6.45) is 0. The molecule has 0 atom stereocenters. The molecule has 0 aliphatic carbocycles. The van der Waals surface area contributed by atoms with Crippen molar-refractivity contribution in [3.63, 3.8) is 0 Å². The monoisotopic (exact) mass is 418 g/mol. The molecule has 0 saturated carbocycles. The minimum absolute atomic E-state index is 0.116. The summed E-state index contributed by atoms with van der Waals surface area (Å²) in [5.74, 6) is 0.392. The molecular formula is C21H26N2O5S. The van der Waals surface area contributed by atoms with E-state index in [0.29, 0.717) is 44.0 Å². The van der Waals surface area contributed by atoms with Crippen molar-refractivity contribution in [2.75, 3.05) is 32.9 Å². The first-order valence-electron chi connectivity index (χ1n) is 9.61. The van der Waals surface area contributed by atoms with E-state index < -0.39 is 10.0 Å². The maximum Gasteiger partial charge on any atom is 0.251 e. The molecule has 8 heteroatoms. The predicted molar refractivity (Wildman–Crippen MR) is 110 cm³/mol. The van der Waals surface area contributed by atoms with Crippen molar-refractivity contribution in [2.45, 2.75) is 25.3 Å². The number of benzene rings is 2. The molecule has 0 radical (unpaired) electrons. The van der Waals surface area contributed by atoms with Crippen LogP contribution in [0.5, 0.6) is 5.75 Å². The van der Waals surface area contributed by atoms with Crippen LogP contribution in [-0.2, 0) is 21.3 Å². The average Bonchev–Trinajstić information content (AvgIpc) is 2.74. The van der Waals surface area contributed by atoms with Crippen LogP contribution in [0.2, 0.25) is 0 Å². The summed E-state index contributed by atoms with van der Waals surface area (Å²) in [5, 5.41) is 2.87. The fraction of sp³-hybridized carbons (Fsp3) is 0.381. The average molecular weight is 419 g/mol. The van der Waals surface area contributed by atoms with Gasteiger partial charge in [-0.15, -0.1) is 0 Å². The summed E-state index contributed by atoms with van der Waals surface area (Å²) in [6, 6.07) is 12.1. The Balaban J connectivity index is 1.78. The van der Waals surface area contributed by atoms with E-state index in [1.165, 1.54) is 10.4 Å². The highest BCUT2D eigenvalue weighted by molar-refractivity contribution is 7.89. The first-order chi connectivity index (χ1) is 13.9. The van der Waals surface area contributed by atoms with Crippen molar-refractivity contribution in [3.05, 3.63) is 59.2 Å². The Kier molecular flexibility index (Phi) is 6.89. The Bertz CT molecular complexity index is 969. The van der Waals surface area contributed by atoms with Crippen LogP contribution in [0.25, 0.3) is 0 Å². The van der Waals surface area contributed by atoms with E-state index in [4.69, 9.17) is 9.47 Å². The van der Waals surface area contributed by atoms with Crippen molar-refractivity contribution in [1.29, 1.82) is 0 Å². The van der Waals surface area contributed by atoms with Gasteiger partial charge in [0.1, 0.15) is 5.75 Å². The minimum atomic E-state index is -3.66. The maximum absolute atomic E-state index is 12.9. The summed E-state index contributed by atoms with van der Waals surface area (Å²) in [5.41, 5.74) is 1.91. The zero-order valence-electron chi connectivity index (χ0n) is 16.7. The highest BCUT2D eigenvalue weighted by atomic mass is 32.2. The van der Waals surface area contributed by atoms with Gasteiger partial charge >= 0.3 is 0 Å². The highest BCUT2D eigenvalue weighted by Gasteiger charge is 2.27. The van der Waals surface area contributed by atoms with E-state index in [2.05, 4.69) is 5.32 Å². The van der Waals surface area contributed by atoms with Crippen LogP contribution in [0.1, 0.15) is 28.4 Å². The lowest BCUT2D eigenvalue weighted by Gasteiger charge is -2.26. The first kappa shape index (κ1) is 21.3. The Hall–Kier alpha value is -2.42. The number of para-hydroxylation sites is 1. The molecular weight excluding hydrogens is 392 g/mol. The van der Waals surface area contributed by atoms with Gasteiger partial charge in [-0.1, -0.05) is 24.3 Å². The Morgan fingerprint density at radius 1 is 1.17 bits per heavy atom. The third-order valence-corrected chi connectivity index (χ3v) is 6.67. The quantitative estimate of drug-likeness (QED) is 0.746. The number of nitrogens with zero attached hydrogens (tertiary/aromatic N) is 1. The fourth-order valence-corrected chi connectivity index (χ4v) is 4.59. The van der Waals surface area contributed by atoms with E-state index in [0.717, 1.165) is 11.3 Å². The highest BCUT2D eigenvalue weighted by Crippen LogP contribution is 2.21. The van der Waals surface area contributed by atoms with Crippen LogP contribution in [0.4, 0.5) is 0 Å². The summed E-state index contributed by atoms with van der Waals surface area (Å²) in [6.45, 7) is 5.88. The van der Waals surface area contributed by atoms with Gasteiger partial charge in [0.05, 0.1) is 24.7 Å². The zero-order valence-corrected chi connectivity index (χ0v) is 17.5. The molecule has 1 aliphatic heterocycles. The number of morpholine rings is 1. The minimum Gasteiger partial charge on any atom is -0.494 e. The molecule has 0 unspecified atom stereocenters. The van der Waals surface area contributed by atoms with E-state index in [1.807, 2.05) is 31.2 Å². The van der Waals surface area contributed by atoms with Gasteiger partial charge in [-0.25, -0.2) is 8.42 Å². The lowest BCUT2D eigenvalue weighted by Crippen LogP contribution is -2.40. The zero-order chi connectivity index (χ0) is 20.9. The maximum atomic E-state index is 12.9. The Morgan fingerprint density at radius 2 is 1.90 bits per heavy atom. The van der Waals surface area contributed by atoms with E-state index in [9.17, 15) is 13.2 Å². The third kappa shape index (κ3) is 4.95. The second-order valence-corrected chi connectivity index (χ2v) is 8.65. The predicted octanol–water partition coefficient (Wildman–Crippen LogP) is 2.34. The third-order valence-electron chi connectivity index (χ3n) is 4.77. The summed E-state index contributed by atoms with van der Waals surface area (Å²) >= 11 is 0. The molecule has 2 aromatic rings. The van der Waals surface area contributed by atoms with Gasteiger partial charge in [0.25, 0.3) is 5.91 Å². The molecule has 1 heterocycles. The molecule has 1 fully saturated rings. The molecule has 0 aromatic heterocycles. The lowest BCUT2D eigenvalue weighted by molar-refractivity contribution is 0.0730. The number of amides is 1. The molecule has 1 amide bonds. The SMILES string of the molecule is CCOc1ccccc1CNC(=O)c1cc(S(=O)(=O)N2CCOCC2)ccc1C. The van der Waals surface area contributed by atoms with E-state index >= 15 is 0 Å². The van der Waals surface area contributed by atoms with Gasteiger partial charge in [0.15, 0.2) is 0 Å². The number of carbonyl (C=O) groups is 1. The molecule has 0 bridgehead atoms. The fourth-order valence-electron chi connectivity index (χ4n) is 3.16. The van der Waals surface area contributed by atoms with Crippen molar-refractivity contribution >= 4 is 15.9 Å². The van der Waals surface area contributed by atoms with Crippen molar-refractivity contribution in [2.24, 2.45) is 0 Å².